The fourth-order valence-corrected chi connectivity index (χ4v) is 2.42. The molecule has 122 valence electrons. The maximum atomic E-state index is 5.52. The number of halogens is 1. The summed E-state index contributed by atoms with van der Waals surface area (Å²) in [7, 11) is 1.77. The van der Waals surface area contributed by atoms with Gasteiger partial charge in [0.25, 0.3) is 0 Å². The second kappa shape index (κ2) is 11.5. The predicted octanol–water partition coefficient (Wildman–Crippen LogP) is 3.23. The van der Waals surface area contributed by atoms with Crippen LogP contribution in [0.15, 0.2) is 44.6 Å². The third kappa shape index (κ3) is 7.28. The molecule has 0 amide bonds. The van der Waals surface area contributed by atoms with Crippen LogP contribution in [0.2, 0.25) is 0 Å². The van der Waals surface area contributed by atoms with Crippen LogP contribution in [0.4, 0.5) is 0 Å². The van der Waals surface area contributed by atoms with E-state index in [4.69, 9.17) is 9.15 Å². The largest absolute Gasteiger partial charge is 0.467 e. The van der Waals surface area contributed by atoms with Crippen molar-refractivity contribution in [1.29, 1.82) is 0 Å². The van der Waals surface area contributed by atoms with Crippen molar-refractivity contribution < 1.29 is 9.15 Å². The van der Waals surface area contributed by atoms with E-state index in [1.165, 1.54) is 5.56 Å². The van der Waals surface area contributed by atoms with Gasteiger partial charge in [0.05, 0.1) is 6.26 Å². The fraction of sp³-hybridized carbons (Fsp3) is 0.400. The number of hydrogen-bond donors (Lipinski definition) is 2. The average molecular weight is 435 g/mol. The Hall–Kier alpha value is -1.06. The van der Waals surface area contributed by atoms with E-state index in [0.29, 0.717) is 13.2 Å². The first-order valence-electron chi connectivity index (χ1n) is 6.94. The Bertz CT molecular complexity index is 515. The van der Waals surface area contributed by atoms with E-state index >= 15 is 0 Å². The van der Waals surface area contributed by atoms with Crippen LogP contribution in [0.5, 0.6) is 0 Å². The lowest BCUT2D eigenvalue weighted by atomic mass is 10.3. The minimum Gasteiger partial charge on any atom is -0.467 e. The highest BCUT2D eigenvalue weighted by Crippen LogP contribution is 2.04. The van der Waals surface area contributed by atoms with Crippen molar-refractivity contribution in [3.63, 3.8) is 0 Å². The summed E-state index contributed by atoms with van der Waals surface area (Å²) in [4.78, 5) is 4.19. The molecule has 0 atom stereocenters. The zero-order valence-electron chi connectivity index (χ0n) is 12.6. The lowest BCUT2D eigenvalue weighted by molar-refractivity contribution is 0.105. The van der Waals surface area contributed by atoms with Gasteiger partial charge in [-0.25, -0.2) is 0 Å². The predicted molar refractivity (Wildman–Crippen MR) is 101 cm³/mol. The van der Waals surface area contributed by atoms with Gasteiger partial charge in [0.15, 0.2) is 5.96 Å². The minimum absolute atomic E-state index is 0. The Labute approximate surface area is 152 Å². The lowest BCUT2D eigenvalue weighted by Gasteiger charge is -2.11. The van der Waals surface area contributed by atoms with Gasteiger partial charge in [0, 0.05) is 26.7 Å². The van der Waals surface area contributed by atoms with Crippen LogP contribution in [0.3, 0.4) is 0 Å². The molecule has 2 N–H and O–H groups in total. The van der Waals surface area contributed by atoms with Gasteiger partial charge in [-0.1, -0.05) is 0 Å². The molecule has 0 spiro atoms. The van der Waals surface area contributed by atoms with E-state index in [1.54, 1.807) is 24.6 Å². The number of nitrogens with zero attached hydrogens (tertiary/aromatic N) is 1. The van der Waals surface area contributed by atoms with E-state index in [-0.39, 0.29) is 24.0 Å². The molecule has 0 aromatic carbocycles. The van der Waals surface area contributed by atoms with Gasteiger partial charge >= 0.3 is 0 Å². The third-order valence-corrected chi connectivity index (χ3v) is 3.58. The number of aliphatic imine (C=N–C) groups is 1. The molecule has 2 aromatic rings. The molecule has 2 aromatic heterocycles. The average Bonchev–Trinajstić information content (AvgIpc) is 3.19. The van der Waals surface area contributed by atoms with Crippen LogP contribution in [-0.2, 0) is 17.9 Å². The number of ether oxygens (including phenoxy) is 1. The van der Waals surface area contributed by atoms with Crippen molar-refractivity contribution in [3.05, 3.63) is 46.5 Å². The van der Waals surface area contributed by atoms with Crippen LogP contribution in [0.1, 0.15) is 17.7 Å². The molecule has 7 heteroatoms. The van der Waals surface area contributed by atoms with Crippen LogP contribution in [0.25, 0.3) is 0 Å². The summed E-state index contributed by atoms with van der Waals surface area (Å²) in [6, 6.07) is 5.88. The minimum atomic E-state index is 0. The summed E-state index contributed by atoms with van der Waals surface area (Å²) in [5.74, 6) is 1.67. The Balaban J connectivity index is 0.00000242. The summed E-state index contributed by atoms with van der Waals surface area (Å²) in [6.07, 6.45) is 2.57. The van der Waals surface area contributed by atoms with E-state index in [9.17, 15) is 0 Å². The SMILES string of the molecule is CN=C(NCCCOCc1ccco1)NCc1ccsc1.I. The molecule has 22 heavy (non-hydrogen) atoms. The molecule has 0 aliphatic carbocycles. The normalized spacial score (nSPS) is 11.0. The molecule has 0 saturated carbocycles. The van der Waals surface area contributed by atoms with Gasteiger partial charge in [-0.2, -0.15) is 11.3 Å². The summed E-state index contributed by atoms with van der Waals surface area (Å²) >= 11 is 1.70. The number of hydrogen-bond acceptors (Lipinski definition) is 4. The molecule has 0 bridgehead atoms. The highest BCUT2D eigenvalue weighted by Gasteiger charge is 1.99. The first kappa shape index (κ1) is 19.0. The van der Waals surface area contributed by atoms with Crippen LogP contribution >= 0.6 is 35.3 Å². The molecule has 0 unspecified atom stereocenters. The van der Waals surface area contributed by atoms with Gasteiger partial charge in [0.2, 0.25) is 0 Å². The second-order valence-electron chi connectivity index (χ2n) is 4.47. The van der Waals surface area contributed by atoms with Crippen molar-refractivity contribution in [1.82, 2.24) is 10.6 Å². The molecular formula is C15H22IN3O2S. The van der Waals surface area contributed by atoms with Crippen LogP contribution in [0, 0.1) is 0 Å². The Morgan fingerprint density at radius 3 is 2.95 bits per heavy atom. The van der Waals surface area contributed by atoms with Gasteiger partial charge in [-0.05, 0) is 40.9 Å². The third-order valence-electron chi connectivity index (χ3n) is 2.85. The molecule has 2 heterocycles. The maximum absolute atomic E-state index is 5.52. The molecule has 2 rings (SSSR count). The number of thiophene rings is 1. The second-order valence-corrected chi connectivity index (χ2v) is 5.25. The fourth-order valence-electron chi connectivity index (χ4n) is 1.75. The molecule has 5 nitrogen and oxygen atoms in total. The van der Waals surface area contributed by atoms with E-state index < -0.39 is 0 Å². The standard InChI is InChI=1S/C15H21N3O2S.HI/c1-16-15(18-10-13-5-9-21-12-13)17-6-3-7-19-11-14-4-2-8-20-14;/h2,4-5,8-9,12H,3,6-7,10-11H2,1H3,(H2,16,17,18);1H. The summed E-state index contributed by atoms with van der Waals surface area (Å²) in [6.45, 7) is 2.83. The highest BCUT2D eigenvalue weighted by atomic mass is 127. The van der Waals surface area contributed by atoms with Crippen LogP contribution in [-0.4, -0.2) is 26.2 Å². The summed E-state index contributed by atoms with van der Waals surface area (Å²) in [5, 5.41) is 10.7. The molecule has 0 aliphatic rings. The van der Waals surface area contributed by atoms with Gasteiger partial charge in [-0.15, -0.1) is 24.0 Å². The zero-order chi connectivity index (χ0) is 14.8. The monoisotopic (exact) mass is 435 g/mol. The maximum Gasteiger partial charge on any atom is 0.191 e. The lowest BCUT2D eigenvalue weighted by Crippen LogP contribution is -2.37. The number of nitrogens with one attached hydrogen (secondary N) is 2. The highest BCUT2D eigenvalue weighted by molar-refractivity contribution is 14.0. The molecular weight excluding hydrogens is 413 g/mol. The molecule has 0 radical (unpaired) electrons. The molecule has 0 fully saturated rings. The Morgan fingerprint density at radius 2 is 2.27 bits per heavy atom. The topological polar surface area (TPSA) is 58.8 Å². The quantitative estimate of drug-likeness (QED) is 0.289. The number of guanidine groups is 1. The zero-order valence-corrected chi connectivity index (χ0v) is 15.7. The number of rotatable bonds is 8. The van der Waals surface area contributed by atoms with Gasteiger partial charge in [0.1, 0.15) is 12.4 Å². The van der Waals surface area contributed by atoms with Gasteiger partial charge < -0.3 is 19.8 Å². The molecule has 0 aliphatic heterocycles. The number of furan rings is 1. The van der Waals surface area contributed by atoms with E-state index in [1.807, 2.05) is 12.1 Å². The van der Waals surface area contributed by atoms with Crippen LogP contribution < -0.4 is 10.6 Å². The first-order chi connectivity index (χ1) is 10.4. The van der Waals surface area contributed by atoms with Crippen molar-refractivity contribution in [2.24, 2.45) is 4.99 Å². The Kier molecular flexibility index (Phi) is 9.93. The van der Waals surface area contributed by atoms with Crippen molar-refractivity contribution >= 4 is 41.3 Å². The summed E-state index contributed by atoms with van der Waals surface area (Å²) in [5.41, 5.74) is 1.27. The molecule has 0 saturated heterocycles. The van der Waals surface area contributed by atoms with E-state index in [2.05, 4.69) is 32.5 Å². The van der Waals surface area contributed by atoms with E-state index in [0.717, 1.165) is 31.2 Å². The van der Waals surface area contributed by atoms with Gasteiger partial charge in [-0.3, -0.25) is 4.99 Å². The van der Waals surface area contributed by atoms with Crippen molar-refractivity contribution in [2.45, 2.75) is 19.6 Å². The smallest absolute Gasteiger partial charge is 0.191 e. The first-order valence-corrected chi connectivity index (χ1v) is 7.88. The van der Waals surface area contributed by atoms with Crippen molar-refractivity contribution in [2.75, 3.05) is 20.2 Å². The van der Waals surface area contributed by atoms with Crippen molar-refractivity contribution in [3.8, 4) is 0 Å². The Morgan fingerprint density at radius 1 is 1.36 bits per heavy atom. The summed E-state index contributed by atoms with van der Waals surface area (Å²) < 4.78 is 10.7.